The molecule has 0 amide bonds. The smallest absolute Gasteiger partial charge is 0.117 e. The van der Waals surface area contributed by atoms with Gasteiger partial charge in [0, 0.05) is 0 Å². The fourth-order valence-corrected chi connectivity index (χ4v) is 1.23. The van der Waals surface area contributed by atoms with Gasteiger partial charge in [0.05, 0.1) is 22.2 Å². The number of hydrogen-bond donors (Lipinski definition) is 0. The molecule has 0 unspecified atom stereocenters. The van der Waals surface area contributed by atoms with Gasteiger partial charge in [-0.3, -0.25) is 0 Å². The lowest BCUT2D eigenvalue weighted by atomic mass is 9.91. The Morgan fingerprint density at radius 2 is 2.15 bits per heavy atom. The molecule has 0 fully saturated rings. The normalized spacial score (nSPS) is 10.9. The Balaban J connectivity index is 3.10. The van der Waals surface area contributed by atoms with Crippen LogP contribution in [-0.4, -0.2) is 16.2 Å². The number of aromatic nitrogens is 2. The van der Waals surface area contributed by atoms with Gasteiger partial charge in [0.1, 0.15) is 6.33 Å². The Morgan fingerprint density at radius 1 is 1.46 bits per heavy atom. The Bertz CT molecular complexity index is 341. The topological polar surface area (TPSA) is 49.6 Å². The summed E-state index contributed by atoms with van der Waals surface area (Å²) in [4.78, 5) is 8.13. The van der Waals surface area contributed by atoms with Crippen molar-refractivity contribution in [2.24, 2.45) is 0 Å². The molecule has 1 rings (SSSR count). The summed E-state index contributed by atoms with van der Waals surface area (Å²) in [5.74, 6) is 0. The van der Waals surface area contributed by atoms with E-state index in [9.17, 15) is 0 Å². The van der Waals surface area contributed by atoms with Gasteiger partial charge in [0.15, 0.2) is 0 Å². The van der Waals surface area contributed by atoms with Crippen molar-refractivity contribution < 1.29 is 0 Å². The van der Waals surface area contributed by atoms with Crippen LogP contribution in [0.15, 0.2) is 17.4 Å². The van der Waals surface area contributed by atoms with E-state index in [-0.39, 0.29) is 0 Å². The molecule has 0 radical (unpaired) electrons. The number of nitriles is 1. The highest BCUT2D eigenvalue weighted by molar-refractivity contribution is 7.98. The molecule has 3 nitrogen and oxygen atoms in total. The molecular weight excluding hydrogens is 182 g/mol. The second-order valence-electron chi connectivity index (χ2n) is 3.18. The second-order valence-corrected chi connectivity index (χ2v) is 4.01. The van der Waals surface area contributed by atoms with Crippen LogP contribution in [0.1, 0.15) is 19.5 Å². The summed E-state index contributed by atoms with van der Waals surface area (Å²) < 4.78 is 0. The van der Waals surface area contributed by atoms with Crippen LogP contribution in [0.5, 0.6) is 0 Å². The van der Waals surface area contributed by atoms with Gasteiger partial charge in [-0.15, -0.1) is 11.8 Å². The zero-order chi connectivity index (χ0) is 9.90. The van der Waals surface area contributed by atoms with Crippen molar-refractivity contribution in [1.82, 2.24) is 9.97 Å². The molecule has 68 valence electrons. The quantitative estimate of drug-likeness (QED) is 0.532. The summed E-state index contributed by atoms with van der Waals surface area (Å²) in [7, 11) is 0. The summed E-state index contributed by atoms with van der Waals surface area (Å²) in [6.45, 7) is 3.69. The molecule has 1 aromatic rings. The maximum Gasteiger partial charge on any atom is 0.117 e. The second kappa shape index (κ2) is 3.75. The third-order valence-corrected chi connectivity index (χ3v) is 2.41. The molecule has 0 spiro atoms. The first kappa shape index (κ1) is 10.0. The van der Waals surface area contributed by atoms with E-state index in [1.54, 1.807) is 11.8 Å². The highest BCUT2D eigenvalue weighted by Crippen LogP contribution is 2.22. The van der Waals surface area contributed by atoms with Gasteiger partial charge >= 0.3 is 0 Å². The fourth-order valence-electron chi connectivity index (χ4n) is 0.850. The van der Waals surface area contributed by atoms with E-state index in [2.05, 4.69) is 16.0 Å². The summed E-state index contributed by atoms with van der Waals surface area (Å²) in [5, 5.41) is 9.79. The largest absolute Gasteiger partial charge is 0.240 e. The van der Waals surface area contributed by atoms with Crippen LogP contribution < -0.4 is 0 Å². The molecule has 0 N–H and O–H groups in total. The van der Waals surface area contributed by atoms with Crippen LogP contribution in [-0.2, 0) is 5.41 Å². The Morgan fingerprint density at radius 3 is 2.69 bits per heavy atom. The third-order valence-electron chi connectivity index (χ3n) is 1.77. The van der Waals surface area contributed by atoms with E-state index in [0.717, 1.165) is 10.7 Å². The lowest BCUT2D eigenvalue weighted by Crippen LogP contribution is -2.16. The molecule has 13 heavy (non-hydrogen) atoms. The third kappa shape index (κ3) is 2.19. The van der Waals surface area contributed by atoms with Crippen molar-refractivity contribution in [1.29, 1.82) is 5.26 Å². The van der Waals surface area contributed by atoms with E-state index in [1.165, 1.54) is 6.33 Å². The lowest BCUT2D eigenvalue weighted by molar-refractivity contribution is 0.650. The molecule has 0 saturated carbocycles. The number of thioether (sulfide) groups is 1. The Hall–Kier alpha value is -1.08. The average molecular weight is 193 g/mol. The molecule has 0 aliphatic heterocycles. The average Bonchev–Trinajstić information content (AvgIpc) is 2.18. The maximum atomic E-state index is 8.89. The minimum absolute atomic E-state index is 0.534. The molecule has 0 bridgehead atoms. The Labute approximate surface area is 82.2 Å². The van der Waals surface area contributed by atoms with Crippen molar-refractivity contribution in [2.75, 3.05) is 6.26 Å². The fraction of sp³-hybridized carbons (Fsp3) is 0.444. The zero-order valence-corrected chi connectivity index (χ0v) is 8.72. The van der Waals surface area contributed by atoms with Crippen molar-refractivity contribution in [3.63, 3.8) is 0 Å². The van der Waals surface area contributed by atoms with Gasteiger partial charge in [0.2, 0.25) is 0 Å². The summed E-state index contributed by atoms with van der Waals surface area (Å²) in [6, 6.07) is 4.06. The Kier molecular flexibility index (Phi) is 2.89. The molecular formula is C9H11N3S. The summed E-state index contributed by atoms with van der Waals surface area (Å²) in [6.07, 6.45) is 3.45. The predicted octanol–water partition coefficient (Wildman–Crippen LogP) is 2.00. The minimum Gasteiger partial charge on any atom is -0.240 e. The van der Waals surface area contributed by atoms with Crippen molar-refractivity contribution >= 4 is 11.8 Å². The molecule has 0 aromatic carbocycles. The van der Waals surface area contributed by atoms with Gasteiger partial charge in [-0.1, -0.05) is 0 Å². The molecule has 4 heteroatoms. The van der Waals surface area contributed by atoms with Crippen molar-refractivity contribution in [3.8, 4) is 6.07 Å². The molecule has 0 saturated heterocycles. The summed E-state index contributed by atoms with van der Waals surface area (Å²) in [5.41, 5.74) is 0.238. The number of rotatable bonds is 2. The van der Waals surface area contributed by atoms with Crippen LogP contribution in [0.4, 0.5) is 0 Å². The zero-order valence-electron chi connectivity index (χ0n) is 7.90. The van der Waals surface area contributed by atoms with E-state index in [0.29, 0.717) is 0 Å². The van der Waals surface area contributed by atoms with Crippen LogP contribution in [0, 0.1) is 11.3 Å². The molecule has 1 heterocycles. The first-order chi connectivity index (χ1) is 6.10. The van der Waals surface area contributed by atoms with Crippen molar-refractivity contribution in [2.45, 2.75) is 24.3 Å². The van der Waals surface area contributed by atoms with E-state index in [1.807, 2.05) is 26.2 Å². The number of nitrogens with zero attached hydrogens (tertiary/aromatic N) is 3. The van der Waals surface area contributed by atoms with Gasteiger partial charge in [-0.25, -0.2) is 9.97 Å². The van der Waals surface area contributed by atoms with Crippen molar-refractivity contribution in [3.05, 3.63) is 18.1 Å². The predicted molar refractivity (Wildman–Crippen MR) is 52.5 cm³/mol. The van der Waals surface area contributed by atoms with Crippen LogP contribution >= 0.6 is 11.8 Å². The van der Waals surface area contributed by atoms with E-state index >= 15 is 0 Å². The van der Waals surface area contributed by atoms with Gasteiger partial charge in [-0.05, 0) is 26.2 Å². The molecule has 0 aliphatic carbocycles. The highest BCUT2D eigenvalue weighted by atomic mass is 32.2. The van der Waals surface area contributed by atoms with Gasteiger partial charge in [0.25, 0.3) is 0 Å². The van der Waals surface area contributed by atoms with Crippen LogP contribution in [0.2, 0.25) is 0 Å². The maximum absolute atomic E-state index is 8.89. The molecule has 0 aliphatic rings. The SMILES string of the molecule is CSc1cc(C(C)(C)C#N)ncn1. The van der Waals surface area contributed by atoms with Gasteiger partial charge in [-0.2, -0.15) is 5.26 Å². The van der Waals surface area contributed by atoms with Crippen LogP contribution in [0.3, 0.4) is 0 Å². The lowest BCUT2D eigenvalue weighted by Gasteiger charge is -2.13. The number of hydrogen-bond acceptors (Lipinski definition) is 4. The van der Waals surface area contributed by atoms with E-state index < -0.39 is 5.41 Å². The first-order valence-corrected chi connectivity index (χ1v) is 5.10. The first-order valence-electron chi connectivity index (χ1n) is 3.88. The summed E-state index contributed by atoms with van der Waals surface area (Å²) >= 11 is 1.55. The minimum atomic E-state index is -0.534. The van der Waals surface area contributed by atoms with Gasteiger partial charge < -0.3 is 0 Å². The highest BCUT2D eigenvalue weighted by Gasteiger charge is 2.21. The van der Waals surface area contributed by atoms with Crippen LogP contribution in [0.25, 0.3) is 0 Å². The molecule has 0 atom stereocenters. The standard InChI is InChI=1S/C9H11N3S/c1-9(2,5-10)7-4-8(13-3)12-6-11-7/h4,6H,1-3H3. The van der Waals surface area contributed by atoms with E-state index in [4.69, 9.17) is 5.26 Å². The molecule has 1 aromatic heterocycles. The monoisotopic (exact) mass is 193 g/mol.